The van der Waals surface area contributed by atoms with Gasteiger partial charge in [0, 0.05) is 20.3 Å². The van der Waals surface area contributed by atoms with E-state index < -0.39 is 5.91 Å². The first-order valence-corrected chi connectivity index (χ1v) is 4.82. The van der Waals surface area contributed by atoms with Crippen LogP contribution in [0.4, 0.5) is 5.82 Å². The van der Waals surface area contributed by atoms with E-state index in [0.717, 1.165) is 5.52 Å². The Labute approximate surface area is 92.9 Å². The van der Waals surface area contributed by atoms with Gasteiger partial charge in [-0.3, -0.25) is 9.78 Å². The van der Waals surface area contributed by atoms with Gasteiger partial charge in [0.05, 0.1) is 16.6 Å². The van der Waals surface area contributed by atoms with Crippen LogP contribution in [0.1, 0.15) is 10.4 Å². The lowest BCUT2D eigenvalue weighted by molar-refractivity contribution is 0.100. The van der Waals surface area contributed by atoms with Gasteiger partial charge in [0.25, 0.3) is 5.91 Å². The number of fused-ring (bicyclic) bond motifs is 1. The molecule has 5 nitrogen and oxygen atoms in total. The second-order valence-corrected chi connectivity index (χ2v) is 3.66. The van der Waals surface area contributed by atoms with Gasteiger partial charge in [0.1, 0.15) is 5.82 Å². The minimum Gasteiger partial charge on any atom is -0.365 e. The van der Waals surface area contributed by atoms with Crippen LogP contribution in [0.5, 0.6) is 0 Å². The van der Waals surface area contributed by atoms with Crippen molar-refractivity contribution < 1.29 is 4.79 Å². The van der Waals surface area contributed by atoms with Crippen LogP contribution in [0.15, 0.2) is 24.4 Å². The van der Waals surface area contributed by atoms with E-state index in [1.54, 1.807) is 23.2 Å². The average Bonchev–Trinajstić information content (AvgIpc) is 2.27. The SMILES string of the molecule is CN(C)c1nc2cccnc2cc1C(N)=O. The fourth-order valence-electron chi connectivity index (χ4n) is 1.51. The summed E-state index contributed by atoms with van der Waals surface area (Å²) in [6.07, 6.45) is 1.66. The van der Waals surface area contributed by atoms with Crippen molar-refractivity contribution in [1.82, 2.24) is 9.97 Å². The molecule has 2 aromatic heterocycles. The van der Waals surface area contributed by atoms with Crippen LogP contribution in [0, 0.1) is 0 Å². The number of nitrogens with zero attached hydrogens (tertiary/aromatic N) is 3. The predicted molar refractivity (Wildman–Crippen MR) is 62.4 cm³/mol. The topological polar surface area (TPSA) is 72.1 Å². The summed E-state index contributed by atoms with van der Waals surface area (Å²) in [6, 6.07) is 5.32. The van der Waals surface area contributed by atoms with Crippen LogP contribution in [-0.4, -0.2) is 30.0 Å². The molecular weight excluding hydrogens is 204 g/mol. The van der Waals surface area contributed by atoms with E-state index in [1.165, 1.54) is 0 Å². The molecule has 0 spiro atoms. The highest BCUT2D eigenvalue weighted by Crippen LogP contribution is 2.20. The molecule has 0 unspecified atom stereocenters. The summed E-state index contributed by atoms with van der Waals surface area (Å²) in [7, 11) is 3.63. The molecule has 82 valence electrons. The predicted octanol–water partition coefficient (Wildman–Crippen LogP) is 0.795. The fourth-order valence-corrected chi connectivity index (χ4v) is 1.51. The van der Waals surface area contributed by atoms with E-state index in [2.05, 4.69) is 9.97 Å². The quantitative estimate of drug-likeness (QED) is 0.805. The largest absolute Gasteiger partial charge is 0.365 e. The van der Waals surface area contributed by atoms with Crippen molar-refractivity contribution in [3.63, 3.8) is 0 Å². The van der Waals surface area contributed by atoms with E-state index in [9.17, 15) is 4.79 Å². The molecule has 2 N–H and O–H groups in total. The number of anilines is 1. The van der Waals surface area contributed by atoms with Crippen molar-refractivity contribution in [1.29, 1.82) is 0 Å². The summed E-state index contributed by atoms with van der Waals surface area (Å²) in [5.41, 5.74) is 7.11. The monoisotopic (exact) mass is 216 g/mol. The highest BCUT2D eigenvalue weighted by molar-refractivity contribution is 6.00. The van der Waals surface area contributed by atoms with E-state index >= 15 is 0 Å². The molecule has 0 fully saturated rings. The van der Waals surface area contributed by atoms with Crippen LogP contribution in [-0.2, 0) is 0 Å². The molecule has 0 aliphatic carbocycles. The second-order valence-electron chi connectivity index (χ2n) is 3.66. The van der Waals surface area contributed by atoms with Crippen molar-refractivity contribution in [3.05, 3.63) is 30.0 Å². The van der Waals surface area contributed by atoms with Crippen molar-refractivity contribution in [2.24, 2.45) is 5.73 Å². The Hall–Kier alpha value is -2.17. The van der Waals surface area contributed by atoms with Crippen molar-refractivity contribution in [3.8, 4) is 0 Å². The number of carbonyl (C=O) groups is 1. The Morgan fingerprint density at radius 3 is 2.75 bits per heavy atom. The average molecular weight is 216 g/mol. The molecule has 0 saturated carbocycles. The van der Waals surface area contributed by atoms with Gasteiger partial charge in [0.15, 0.2) is 0 Å². The summed E-state index contributed by atoms with van der Waals surface area (Å²) in [6.45, 7) is 0. The van der Waals surface area contributed by atoms with Crippen LogP contribution in [0.25, 0.3) is 11.0 Å². The standard InChI is InChI=1S/C11H12N4O/c1-15(2)11-7(10(12)16)6-9-8(14-11)4-3-5-13-9/h3-6H,1-2H3,(H2,12,16). The van der Waals surface area contributed by atoms with Gasteiger partial charge in [-0.1, -0.05) is 0 Å². The molecule has 0 saturated heterocycles. The first-order chi connectivity index (χ1) is 7.59. The molecular formula is C11H12N4O. The summed E-state index contributed by atoms with van der Waals surface area (Å²) >= 11 is 0. The minimum atomic E-state index is -0.497. The maximum atomic E-state index is 11.3. The molecule has 5 heteroatoms. The molecule has 0 bridgehead atoms. The van der Waals surface area contributed by atoms with Gasteiger partial charge < -0.3 is 10.6 Å². The lowest BCUT2D eigenvalue weighted by Gasteiger charge is -2.14. The smallest absolute Gasteiger partial charge is 0.252 e. The maximum absolute atomic E-state index is 11.3. The number of rotatable bonds is 2. The summed E-state index contributed by atoms with van der Waals surface area (Å²) in [5.74, 6) is 0.0664. The third-order valence-corrected chi connectivity index (χ3v) is 2.25. The maximum Gasteiger partial charge on any atom is 0.252 e. The van der Waals surface area contributed by atoms with Gasteiger partial charge in [-0.15, -0.1) is 0 Å². The number of pyridine rings is 2. The van der Waals surface area contributed by atoms with E-state index in [-0.39, 0.29) is 0 Å². The van der Waals surface area contributed by atoms with Crippen LogP contribution in [0.2, 0.25) is 0 Å². The van der Waals surface area contributed by atoms with Gasteiger partial charge in [-0.2, -0.15) is 0 Å². The van der Waals surface area contributed by atoms with E-state index in [4.69, 9.17) is 5.73 Å². The van der Waals surface area contributed by atoms with Gasteiger partial charge in [0.2, 0.25) is 0 Å². The Kier molecular flexibility index (Phi) is 2.44. The number of aromatic nitrogens is 2. The number of hydrogen-bond donors (Lipinski definition) is 1. The first kappa shape index (κ1) is 10.4. The molecule has 0 aliphatic heterocycles. The van der Waals surface area contributed by atoms with E-state index in [1.807, 2.05) is 20.2 Å². The van der Waals surface area contributed by atoms with E-state index in [0.29, 0.717) is 16.9 Å². The summed E-state index contributed by atoms with van der Waals surface area (Å²) in [5, 5.41) is 0. The van der Waals surface area contributed by atoms with Gasteiger partial charge in [-0.05, 0) is 18.2 Å². The van der Waals surface area contributed by atoms with Gasteiger partial charge >= 0.3 is 0 Å². The highest BCUT2D eigenvalue weighted by Gasteiger charge is 2.13. The third kappa shape index (κ3) is 1.67. The Balaban J connectivity index is 2.76. The molecule has 2 aromatic rings. The molecule has 2 rings (SSSR count). The number of nitrogens with two attached hydrogens (primary N) is 1. The molecule has 2 heterocycles. The zero-order valence-electron chi connectivity index (χ0n) is 9.14. The lowest BCUT2D eigenvalue weighted by atomic mass is 10.2. The normalized spacial score (nSPS) is 10.4. The van der Waals surface area contributed by atoms with Gasteiger partial charge in [-0.25, -0.2) is 4.98 Å². The van der Waals surface area contributed by atoms with Crippen LogP contribution in [0.3, 0.4) is 0 Å². The zero-order chi connectivity index (χ0) is 11.7. The lowest BCUT2D eigenvalue weighted by Crippen LogP contribution is -2.20. The number of hydrogen-bond acceptors (Lipinski definition) is 4. The second kappa shape index (κ2) is 3.77. The number of amides is 1. The highest BCUT2D eigenvalue weighted by atomic mass is 16.1. The number of carbonyl (C=O) groups excluding carboxylic acids is 1. The zero-order valence-corrected chi connectivity index (χ0v) is 9.14. The minimum absolute atomic E-state index is 0.385. The Bertz CT molecular complexity index is 551. The first-order valence-electron chi connectivity index (χ1n) is 4.82. The van der Waals surface area contributed by atoms with Crippen LogP contribution < -0.4 is 10.6 Å². The number of primary amides is 1. The fraction of sp³-hybridized carbons (Fsp3) is 0.182. The molecule has 1 amide bonds. The molecule has 0 aliphatic rings. The molecule has 16 heavy (non-hydrogen) atoms. The Morgan fingerprint density at radius 2 is 2.12 bits per heavy atom. The molecule has 0 radical (unpaired) electrons. The Morgan fingerprint density at radius 1 is 1.38 bits per heavy atom. The van der Waals surface area contributed by atoms with Crippen molar-refractivity contribution in [2.45, 2.75) is 0 Å². The van der Waals surface area contributed by atoms with Crippen molar-refractivity contribution >= 4 is 22.8 Å². The summed E-state index contributed by atoms with van der Waals surface area (Å²) in [4.78, 5) is 21.5. The summed E-state index contributed by atoms with van der Waals surface area (Å²) < 4.78 is 0. The van der Waals surface area contributed by atoms with Crippen molar-refractivity contribution in [2.75, 3.05) is 19.0 Å². The molecule has 0 aromatic carbocycles. The molecule has 0 atom stereocenters. The van der Waals surface area contributed by atoms with Crippen LogP contribution >= 0.6 is 0 Å². The third-order valence-electron chi connectivity index (χ3n) is 2.25.